The first-order valence-corrected chi connectivity index (χ1v) is 5.54. The Balaban J connectivity index is 0. The fraction of sp³-hybridized carbons (Fsp3) is 0. The molecule has 0 saturated carbocycles. The molecule has 2 heterocycles. The molecule has 0 saturated heterocycles. The summed E-state index contributed by atoms with van der Waals surface area (Å²) in [5.41, 5.74) is 1.83. The van der Waals surface area contributed by atoms with Crippen LogP contribution in [0.15, 0.2) is 48.8 Å². The number of nitrogens with zero attached hydrogens (tertiary/aromatic N) is 2. The monoisotopic (exact) mass is 393 g/mol. The van der Waals surface area contributed by atoms with E-state index in [1.54, 1.807) is 12.4 Å². The molecule has 1 radical (unpaired) electrons. The van der Waals surface area contributed by atoms with Crippen molar-refractivity contribution in [2.24, 2.45) is 0 Å². The van der Waals surface area contributed by atoms with Crippen molar-refractivity contribution in [3.63, 3.8) is 0 Å². The molecular formula is C10H8B2CuF8N2. The van der Waals surface area contributed by atoms with E-state index in [0.29, 0.717) is 0 Å². The van der Waals surface area contributed by atoms with Crippen LogP contribution in [0, 0.1) is 0 Å². The van der Waals surface area contributed by atoms with Crippen molar-refractivity contribution in [3.8, 4) is 11.4 Å². The van der Waals surface area contributed by atoms with E-state index in [1.165, 1.54) is 0 Å². The topological polar surface area (TPSA) is 25.8 Å². The number of aromatic nitrogens is 2. The number of pyridine rings is 2. The minimum Gasteiger partial charge on any atom is -0.418 e. The molecule has 0 aliphatic heterocycles. The van der Waals surface area contributed by atoms with Crippen LogP contribution in [0.2, 0.25) is 0 Å². The number of hydrogen-bond acceptors (Lipinski definition) is 2. The Morgan fingerprint density at radius 1 is 0.565 bits per heavy atom. The third kappa shape index (κ3) is 20.4. The van der Waals surface area contributed by atoms with Crippen LogP contribution in [0.25, 0.3) is 11.4 Å². The second-order valence-electron chi connectivity index (χ2n) is 3.42. The van der Waals surface area contributed by atoms with Gasteiger partial charge in [-0.25, -0.2) is 0 Å². The maximum atomic E-state index is 9.75. The Morgan fingerprint density at radius 3 is 1.00 bits per heavy atom. The van der Waals surface area contributed by atoms with Gasteiger partial charge in [-0.3, -0.25) is 9.97 Å². The van der Waals surface area contributed by atoms with E-state index in [1.807, 2.05) is 36.4 Å². The summed E-state index contributed by atoms with van der Waals surface area (Å²) < 4.78 is 78.0. The summed E-state index contributed by atoms with van der Waals surface area (Å²) in [4.78, 5) is 8.37. The number of halogens is 8. The summed E-state index contributed by atoms with van der Waals surface area (Å²) in [6.07, 6.45) is 3.54. The molecule has 0 aliphatic carbocycles. The van der Waals surface area contributed by atoms with E-state index in [0.717, 1.165) is 11.4 Å². The Hall–Kier alpha value is -1.61. The maximum absolute atomic E-state index is 9.75. The van der Waals surface area contributed by atoms with E-state index in [-0.39, 0.29) is 17.1 Å². The maximum Gasteiger partial charge on any atom is 2.00 e. The minimum absolute atomic E-state index is 0. The van der Waals surface area contributed by atoms with Crippen molar-refractivity contribution in [2.75, 3.05) is 0 Å². The normalized spacial score (nSPS) is 10.3. The zero-order valence-electron chi connectivity index (χ0n) is 11.0. The van der Waals surface area contributed by atoms with Crippen LogP contribution in [-0.2, 0) is 17.1 Å². The molecule has 0 aromatic carbocycles. The van der Waals surface area contributed by atoms with Gasteiger partial charge >= 0.3 is 31.6 Å². The third-order valence-electron chi connectivity index (χ3n) is 1.59. The fourth-order valence-corrected chi connectivity index (χ4v) is 1.03. The summed E-state index contributed by atoms with van der Waals surface area (Å²) in [5.74, 6) is 0. The first kappa shape index (κ1) is 23.7. The van der Waals surface area contributed by atoms with Gasteiger partial charge in [-0.15, -0.1) is 0 Å². The molecule has 2 aromatic rings. The second-order valence-corrected chi connectivity index (χ2v) is 3.42. The molecular weight excluding hydrogens is 385 g/mol. The zero-order chi connectivity index (χ0) is 17.2. The van der Waals surface area contributed by atoms with Crippen LogP contribution in [-0.4, -0.2) is 24.5 Å². The van der Waals surface area contributed by atoms with Crippen molar-refractivity contribution in [3.05, 3.63) is 48.8 Å². The summed E-state index contributed by atoms with van der Waals surface area (Å²) in [6, 6.07) is 11.6. The molecule has 0 fully saturated rings. The van der Waals surface area contributed by atoms with E-state index in [9.17, 15) is 34.5 Å². The Kier molecular flexibility index (Phi) is 11.3. The van der Waals surface area contributed by atoms with Crippen LogP contribution >= 0.6 is 0 Å². The van der Waals surface area contributed by atoms with Gasteiger partial charge in [0.15, 0.2) is 0 Å². The third-order valence-corrected chi connectivity index (χ3v) is 1.59. The van der Waals surface area contributed by atoms with Gasteiger partial charge in [0, 0.05) is 12.4 Å². The molecule has 13 heteroatoms. The van der Waals surface area contributed by atoms with Gasteiger partial charge in [-0.1, -0.05) is 12.1 Å². The average molecular weight is 393 g/mol. The van der Waals surface area contributed by atoms with Gasteiger partial charge in [0.25, 0.3) is 0 Å². The Labute approximate surface area is 137 Å². The molecule has 0 atom stereocenters. The number of rotatable bonds is 1. The van der Waals surface area contributed by atoms with E-state index in [4.69, 9.17) is 0 Å². The van der Waals surface area contributed by atoms with Crippen molar-refractivity contribution in [1.29, 1.82) is 0 Å². The smallest absolute Gasteiger partial charge is 0.418 e. The predicted molar refractivity (Wildman–Crippen MR) is 67.8 cm³/mol. The van der Waals surface area contributed by atoms with Gasteiger partial charge in [0.05, 0.1) is 11.4 Å². The molecule has 0 spiro atoms. The minimum atomic E-state index is -6.00. The van der Waals surface area contributed by atoms with E-state index < -0.39 is 14.5 Å². The molecule has 0 amide bonds. The SMILES string of the molecule is F[B-](F)(F)F.F[B-](F)(F)F.[Cu+2].c1ccc(-c2ccccn2)nc1. The van der Waals surface area contributed by atoms with Crippen molar-refractivity contribution in [2.45, 2.75) is 0 Å². The number of hydrogen-bond donors (Lipinski definition) is 0. The summed E-state index contributed by atoms with van der Waals surface area (Å²) in [7, 11) is -12.0. The zero-order valence-corrected chi connectivity index (χ0v) is 11.9. The molecule has 0 N–H and O–H groups in total. The van der Waals surface area contributed by atoms with E-state index >= 15 is 0 Å². The van der Waals surface area contributed by atoms with Crippen LogP contribution < -0.4 is 0 Å². The average Bonchev–Trinajstić information content (AvgIpc) is 2.37. The summed E-state index contributed by atoms with van der Waals surface area (Å²) in [6.45, 7) is 0. The summed E-state index contributed by atoms with van der Waals surface area (Å²) >= 11 is 0. The molecule has 0 aliphatic rings. The fourth-order valence-electron chi connectivity index (χ4n) is 1.03. The molecule has 2 aromatic heterocycles. The van der Waals surface area contributed by atoms with Crippen molar-refractivity contribution in [1.82, 2.24) is 9.97 Å². The van der Waals surface area contributed by atoms with Gasteiger partial charge in [-0.2, -0.15) is 0 Å². The Bertz CT molecular complexity index is 462. The molecule has 0 bridgehead atoms. The second kappa shape index (κ2) is 11.0. The van der Waals surface area contributed by atoms with Crippen LogP contribution in [0.1, 0.15) is 0 Å². The van der Waals surface area contributed by atoms with Gasteiger partial charge in [0.2, 0.25) is 0 Å². The molecule has 2 rings (SSSR count). The first-order valence-electron chi connectivity index (χ1n) is 5.54. The largest absolute Gasteiger partial charge is 2.00 e. The van der Waals surface area contributed by atoms with Crippen LogP contribution in [0.5, 0.6) is 0 Å². The van der Waals surface area contributed by atoms with Crippen LogP contribution in [0.3, 0.4) is 0 Å². The molecule has 23 heavy (non-hydrogen) atoms. The van der Waals surface area contributed by atoms with E-state index in [2.05, 4.69) is 9.97 Å². The van der Waals surface area contributed by atoms with Gasteiger partial charge in [0.1, 0.15) is 0 Å². The molecule has 2 nitrogen and oxygen atoms in total. The van der Waals surface area contributed by atoms with Gasteiger partial charge in [-0.05, 0) is 24.3 Å². The van der Waals surface area contributed by atoms with Crippen LogP contribution in [0.4, 0.5) is 34.5 Å². The predicted octanol–water partition coefficient (Wildman–Crippen LogP) is 4.74. The van der Waals surface area contributed by atoms with Crippen molar-refractivity contribution >= 4 is 14.5 Å². The van der Waals surface area contributed by atoms with Crippen molar-refractivity contribution < 1.29 is 51.6 Å². The quantitative estimate of drug-likeness (QED) is 0.517. The standard InChI is InChI=1S/C10H8N2.2BF4.Cu/c1-3-7-11-9(5-1)10-6-2-4-8-12-10;2*2-1(3,4)5;/h1-8H;;;/q;2*-1;+2. The van der Waals surface area contributed by atoms with Gasteiger partial charge < -0.3 is 34.5 Å². The molecule has 131 valence electrons. The first-order chi connectivity index (χ1) is 9.97. The molecule has 0 unspecified atom stereocenters. The summed E-state index contributed by atoms with van der Waals surface area (Å²) in [5, 5.41) is 0. The Morgan fingerprint density at radius 2 is 0.826 bits per heavy atom.